The number of phenols is 1. The first-order valence-corrected chi connectivity index (χ1v) is 9.11. The molecule has 0 aliphatic rings. The number of aromatic hydroxyl groups is 1. The molecule has 3 aromatic rings. The van der Waals surface area contributed by atoms with Gasteiger partial charge in [-0.1, -0.05) is 18.2 Å². The zero-order chi connectivity index (χ0) is 19.9. The van der Waals surface area contributed by atoms with Gasteiger partial charge in [0.25, 0.3) is 0 Å². The smallest absolute Gasteiger partial charge is 0.246 e. The summed E-state index contributed by atoms with van der Waals surface area (Å²) in [7, 11) is 1.90. The normalized spacial score (nSPS) is 11.4. The minimum atomic E-state index is -0.238. The number of carbonyl (C=O) groups is 1. The molecule has 0 spiro atoms. The number of furan rings is 1. The highest BCUT2D eigenvalue weighted by Gasteiger charge is 2.11. The predicted octanol–water partition coefficient (Wildman–Crippen LogP) is 3.17. The Kier molecular flexibility index (Phi) is 6.16. The molecule has 0 saturated carbocycles. The monoisotopic (exact) mass is 380 g/mol. The lowest BCUT2D eigenvalue weighted by atomic mass is 10.2. The number of guanidine groups is 1. The van der Waals surface area contributed by atoms with Gasteiger partial charge in [-0.2, -0.15) is 0 Å². The number of aliphatic imine (C=N–C) groups is 1. The number of nitrogens with one attached hydrogen (secondary N) is 2. The first kappa shape index (κ1) is 19.3. The Morgan fingerprint density at radius 3 is 2.64 bits per heavy atom. The number of carbonyl (C=O) groups excluding carboxylic acids is 1. The molecule has 28 heavy (non-hydrogen) atoms. The van der Waals surface area contributed by atoms with E-state index < -0.39 is 0 Å². The van der Waals surface area contributed by atoms with Gasteiger partial charge < -0.3 is 25.1 Å². The van der Waals surface area contributed by atoms with Crippen molar-refractivity contribution in [2.45, 2.75) is 13.5 Å². The van der Waals surface area contributed by atoms with E-state index in [0.717, 1.165) is 16.7 Å². The van der Waals surface area contributed by atoms with Crippen molar-refractivity contribution in [3.63, 3.8) is 0 Å². The number of amides is 1. The number of para-hydroxylation sites is 1. The van der Waals surface area contributed by atoms with Gasteiger partial charge in [0, 0.05) is 24.7 Å². The number of benzene rings is 2. The van der Waals surface area contributed by atoms with Gasteiger partial charge in [0.05, 0.1) is 6.54 Å². The Balaban J connectivity index is 1.63. The molecule has 0 atom stereocenters. The summed E-state index contributed by atoms with van der Waals surface area (Å²) in [5.41, 5.74) is 1.46. The number of hydrogen-bond acceptors (Lipinski definition) is 4. The van der Waals surface area contributed by atoms with Crippen LogP contribution < -0.4 is 10.6 Å². The molecule has 3 N–H and O–H groups in total. The third-order valence-corrected chi connectivity index (χ3v) is 4.09. The lowest BCUT2D eigenvalue weighted by Gasteiger charge is -2.20. The third kappa shape index (κ3) is 5.03. The maximum absolute atomic E-state index is 12.2. The third-order valence-electron chi connectivity index (χ3n) is 4.09. The Bertz CT molecular complexity index is 930. The summed E-state index contributed by atoms with van der Waals surface area (Å²) < 4.78 is 5.86. The molecule has 0 bridgehead atoms. The summed E-state index contributed by atoms with van der Waals surface area (Å²) in [6.45, 7) is 3.16. The molecule has 7 heteroatoms. The van der Waals surface area contributed by atoms with Crippen LogP contribution in [0.4, 0.5) is 5.69 Å². The fourth-order valence-corrected chi connectivity index (χ4v) is 2.79. The quantitative estimate of drug-likeness (QED) is 0.347. The van der Waals surface area contributed by atoms with E-state index in [-0.39, 0.29) is 18.2 Å². The van der Waals surface area contributed by atoms with Crippen LogP contribution in [0.2, 0.25) is 0 Å². The molecule has 0 radical (unpaired) electrons. The second kappa shape index (κ2) is 8.94. The number of fused-ring (bicyclic) bond motifs is 1. The Labute approximate surface area is 163 Å². The van der Waals surface area contributed by atoms with Gasteiger partial charge in [0.2, 0.25) is 5.91 Å². The maximum atomic E-state index is 12.2. The molecule has 0 aliphatic carbocycles. The molecule has 2 aromatic carbocycles. The van der Waals surface area contributed by atoms with E-state index in [1.165, 1.54) is 12.1 Å². The second-order valence-corrected chi connectivity index (χ2v) is 6.37. The number of rotatable bonds is 6. The molecule has 3 rings (SSSR count). The highest BCUT2D eigenvalue weighted by molar-refractivity contribution is 5.94. The molecule has 1 amide bonds. The van der Waals surface area contributed by atoms with Crippen molar-refractivity contribution >= 4 is 28.5 Å². The van der Waals surface area contributed by atoms with Crippen molar-refractivity contribution in [1.29, 1.82) is 0 Å². The standard InChI is InChI=1S/C21H24N4O3/c1-3-22-21(23-13-20(27)24-16-8-10-17(26)11-9-16)25(2)14-18-12-15-6-4-5-7-19(15)28-18/h4-12,26H,3,13-14H2,1-2H3,(H,22,23)(H,24,27). The van der Waals surface area contributed by atoms with Crippen LogP contribution in [0.1, 0.15) is 12.7 Å². The molecular weight excluding hydrogens is 356 g/mol. The number of anilines is 1. The van der Waals surface area contributed by atoms with E-state index in [4.69, 9.17) is 4.42 Å². The first-order chi connectivity index (χ1) is 13.5. The fraction of sp³-hybridized carbons (Fsp3) is 0.238. The van der Waals surface area contributed by atoms with Crippen molar-refractivity contribution in [2.75, 3.05) is 25.5 Å². The molecule has 0 saturated heterocycles. The van der Waals surface area contributed by atoms with Crippen LogP contribution in [0.3, 0.4) is 0 Å². The van der Waals surface area contributed by atoms with Crippen LogP contribution in [-0.4, -0.2) is 42.0 Å². The summed E-state index contributed by atoms with van der Waals surface area (Å²) >= 11 is 0. The zero-order valence-corrected chi connectivity index (χ0v) is 16.0. The topological polar surface area (TPSA) is 90.1 Å². The molecule has 7 nitrogen and oxygen atoms in total. The molecule has 1 aromatic heterocycles. The van der Waals surface area contributed by atoms with Crippen LogP contribution in [0.15, 0.2) is 64.0 Å². The van der Waals surface area contributed by atoms with Crippen molar-refractivity contribution in [1.82, 2.24) is 10.2 Å². The van der Waals surface area contributed by atoms with Gasteiger partial charge in [0.15, 0.2) is 5.96 Å². The van der Waals surface area contributed by atoms with Crippen molar-refractivity contribution < 1.29 is 14.3 Å². The average molecular weight is 380 g/mol. The van der Waals surface area contributed by atoms with Crippen molar-refractivity contribution in [3.05, 3.63) is 60.4 Å². The summed E-state index contributed by atoms with van der Waals surface area (Å²) in [6, 6.07) is 16.2. The Morgan fingerprint density at radius 2 is 1.93 bits per heavy atom. The van der Waals surface area contributed by atoms with Crippen LogP contribution in [0.5, 0.6) is 5.75 Å². The van der Waals surface area contributed by atoms with Gasteiger partial charge >= 0.3 is 0 Å². The lowest BCUT2D eigenvalue weighted by Crippen LogP contribution is -2.39. The molecule has 1 heterocycles. The summed E-state index contributed by atoms with van der Waals surface area (Å²) in [6.07, 6.45) is 0. The van der Waals surface area contributed by atoms with E-state index in [0.29, 0.717) is 24.7 Å². The first-order valence-electron chi connectivity index (χ1n) is 9.11. The highest BCUT2D eigenvalue weighted by atomic mass is 16.3. The fourth-order valence-electron chi connectivity index (χ4n) is 2.79. The van der Waals surface area contributed by atoms with Crippen LogP contribution >= 0.6 is 0 Å². The van der Waals surface area contributed by atoms with Crippen molar-refractivity contribution in [3.8, 4) is 5.75 Å². The maximum Gasteiger partial charge on any atom is 0.246 e. The van der Waals surface area contributed by atoms with Crippen LogP contribution in [0, 0.1) is 0 Å². The van der Waals surface area contributed by atoms with Gasteiger partial charge in [-0.25, -0.2) is 4.99 Å². The van der Waals surface area contributed by atoms with Crippen molar-refractivity contribution in [2.24, 2.45) is 4.99 Å². The van der Waals surface area contributed by atoms with E-state index in [1.54, 1.807) is 12.1 Å². The van der Waals surface area contributed by atoms with E-state index >= 15 is 0 Å². The molecular formula is C21H24N4O3. The van der Waals surface area contributed by atoms with E-state index in [9.17, 15) is 9.90 Å². The SMILES string of the molecule is CCNC(=NCC(=O)Nc1ccc(O)cc1)N(C)Cc1cc2ccccc2o1. The molecule has 0 unspecified atom stereocenters. The van der Waals surface area contributed by atoms with Gasteiger partial charge in [0.1, 0.15) is 23.6 Å². The number of nitrogens with zero attached hydrogens (tertiary/aromatic N) is 2. The molecule has 0 aliphatic heterocycles. The minimum absolute atomic E-state index is 0.0202. The molecule has 0 fully saturated rings. The zero-order valence-electron chi connectivity index (χ0n) is 16.0. The summed E-state index contributed by atoms with van der Waals surface area (Å²) in [5.74, 6) is 1.35. The van der Waals surface area contributed by atoms with Crippen LogP contribution in [-0.2, 0) is 11.3 Å². The highest BCUT2D eigenvalue weighted by Crippen LogP contribution is 2.19. The van der Waals surface area contributed by atoms with Gasteiger partial charge in [-0.3, -0.25) is 4.79 Å². The van der Waals surface area contributed by atoms with E-state index in [1.807, 2.05) is 49.2 Å². The largest absolute Gasteiger partial charge is 0.508 e. The summed E-state index contributed by atoms with van der Waals surface area (Å²) in [4.78, 5) is 18.5. The Hall–Kier alpha value is -3.48. The van der Waals surface area contributed by atoms with Gasteiger partial charge in [-0.15, -0.1) is 0 Å². The van der Waals surface area contributed by atoms with E-state index in [2.05, 4.69) is 15.6 Å². The minimum Gasteiger partial charge on any atom is -0.508 e. The van der Waals surface area contributed by atoms with Gasteiger partial charge in [-0.05, 0) is 43.3 Å². The predicted molar refractivity (Wildman–Crippen MR) is 110 cm³/mol. The second-order valence-electron chi connectivity index (χ2n) is 6.37. The number of hydrogen-bond donors (Lipinski definition) is 3. The van der Waals surface area contributed by atoms with Crippen LogP contribution in [0.25, 0.3) is 11.0 Å². The number of phenolic OH excluding ortho intramolecular Hbond substituents is 1. The Morgan fingerprint density at radius 1 is 1.18 bits per heavy atom. The lowest BCUT2D eigenvalue weighted by molar-refractivity contribution is -0.114. The molecule has 146 valence electrons. The average Bonchev–Trinajstić information content (AvgIpc) is 3.09. The summed E-state index contributed by atoms with van der Waals surface area (Å²) in [5, 5.41) is 16.3.